The van der Waals surface area contributed by atoms with Gasteiger partial charge >= 0.3 is 11.9 Å². The molecule has 0 amide bonds. The smallest absolute Gasteiger partial charge is 0.336 e. The maximum absolute atomic E-state index is 12.7. The third-order valence-electron chi connectivity index (χ3n) is 7.43. The van der Waals surface area contributed by atoms with Crippen LogP contribution in [0.15, 0.2) is 71.1 Å². The van der Waals surface area contributed by atoms with Gasteiger partial charge in [0.2, 0.25) is 0 Å². The Balaban J connectivity index is 1.36. The standard InChI is InChI=1S/C31H39N3O6/c1-20-7-6-8-24(17-20)34-15-13-33(14-16-34)18-25(35)19-40-26-11-9-23(10-12-26)29-27(30(36)38-4)21(2)32-22(3)28(29)31(37)39-5/h6-12,17,25,29,32,35H,13-16,18-19H2,1-5H3. The van der Waals surface area contributed by atoms with E-state index < -0.39 is 24.0 Å². The summed E-state index contributed by atoms with van der Waals surface area (Å²) in [4.78, 5) is 30.0. The molecule has 0 aromatic heterocycles. The second-order valence-electron chi connectivity index (χ2n) is 10.3. The Morgan fingerprint density at radius 2 is 1.52 bits per heavy atom. The molecule has 2 N–H and O–H groups in total. The number of esters is 2. The number of carbonyl (C=O) groups excluding carboxylic acids is 2. The van der Waals surface area contributed by atoms with Crippen LogP contribution in [0, 0.1) is 6.92 Å². The summed E-state index contributed by atoms with van der Waals surface area (Å²) in [5.74, 6) is -1.11. The maximum atomic E-state index is 12.7. The first-order valence-corrected chi connectivity index (χ1v) is 13.5. The van der Waals surface area contributed by atoms with Gasteiger partial charge in [-0.05, 0) is 56.2 Å². The van der Waals surface area contributed by atoms with Crippen LogP contribution in [0.2, 0.25) is 0 Å². The van der Waals surface area contributed by atoms with Crippen LogP contribution < -0.4 is 15.0 Å². The van der Waals surface area contributed by atoms with E-state index in [9.17, 15) is 14.7 Å². The van der Waals surface area contributed by atoms with E-state index in [-0.39, 0.29) is 6.61 Å². The van der Waals surface area contributed by atoms with Crippen LogP contribution in [-0.2, 0) is 19.1 Å². The van der Waals surface area contributed by atoms with E-state index in [4.69, 9.17) is 14.2 Å². The van der Waals surface area contributed by atoms with Crippen LogP contribution in [-0.4, -0.2) is 81.6 Å². The zero-order valence-electron chi connectivity index (χ0n) is 23.9. The van der Waals surface area contributed by atoms with Crippen molar-refractivity contribution in [3.8, 4) is 5.75 Å². The van der Waals surface area contributed by atoms with E-state index in [1.165, 1.54) is 25.5 Å². The lowest BCUT2D eigenvalue weighted by Gasteiger charge is -2.37. The fraction of sp³-hybridized carbons (Fsp3) is 0.419. The summed E-state index contributed by atoms with van der Waals surface area (Å²) in [5, 5.41) is 13.7. The molecule has 0 spiro atoms. The van der Waals surface area contributed by atoms with Gasteiger partial charge in [0, 0.05) is 49.8 Å². The number of piperazine rings is 1. The first-order chi connectivity index (χ1) is 19.2. The van der Waals surface area contributed by atoms with Crippen LogP contribution in [0.5, 0.6) is 5.75 Å². The van der Waals surface area contributed by atoms with Crippen molar-refractivity contribution in [2.24, 2.45) is 0 Å². The van der Waals surface area contributed by atoms with Crippen LogP contribution >= 0.6 is 0 Å². The summed E-state index contributed by atoms with van der Waals surface area (Å²) in [6, 6.07) is 15.7. The van der Waals surface area contributed by atoms with Gasteiger partial charge in [0.1, 0.15) is 18.5 Å². The lowest BCUT2D eigenvalue weighted by molar-refractivity contribution is -0.137. The zero-order valence-corrected chi connectivity index (χ0v) is 23.9. The van der Waals surface area contributed by atoms with Gasteiger partial charge in [0.25, 0.3) is 0 Å². The van der Waals surface area contributed by atoms with Crippen LogP contribution in [0.3, 0.4) is 0 Å². The Morgan fingerprint density at radius 1 is 0.925 bits per heavy atom. The summed E-state index contributed by atoms with van der Waals surface area (Å²) in [5.41, 5.74) is 5.14. The van der Waals surface area contributed by atoms with Crippen molar-refractivity contribution >= 4 is 17.6 Å². The number of aliphatic hydroxyl groups excluding tert-OH is 1. The molecule has 0 saturated carbocycles. The Hall–Kier alpha value is -3.82. The molecule has 0 aliphatic carbocycles. The molecule has 0 radical (unpaired) electrons. The van der Waals surface area contributed by atoms with Crippen LogP contribution in [0.4, 0.5) is 5.69 Å². The van der Waals surface area contributed by atoms with Crippen LogP contribution in [0.25, 0.3) is 0 Å². The molecule has 1 atom stereocenters. The lowest BCUT2D eigenvalue weighted by Crippen LogP contribution is -2.49. The molecular weight excluding hydrogens is 510 g/mol. The van der Waals surface area contributed by atoms with Crippen molar-refractivity contribution in [1.29, 1.82) is 0 Å². The average Bonchev–Trinajstić information content (AvgIpc) is 2.95. The molecule has 1 saturated heterocycles. The van der Waals surface area contributed by atoms with Gasteiger partial charge in [0.15, 0.2) is 0 Å². The van der Waals surface area contributed by atoms with Crippen molar-refractivity contribution in [3.63, 3.8) is 0 Å². The van der Waals surface area contributed by atoms with Gasteiger partial charge < -0.3 is 29.5 Å². The molecule has 214 valence electrons. The monoisotopic (exact) mass is 549 g/mol. The summed E-state index contributed by atoms with van der Waals surface area (Å²) in [6.45, 7) is 9.93. The molecule has 2 heterocycles. The fourth-order valence-electron chi connectivity index (χ4n) is 5.40. The summed E-state index contributed by atoms with van der Waals surface area (Å²) >= 11 is 0. The number of benzene rings is 2. The first kappa shape index (κ1) is 29.2. The Labute approximate surface area is 236 Å². The largest absolute Gasteiger partial charge is 0.491 e. The number of allylic oxidation sites excluding steroid dienone is 2. The predicted octanol–water partition coefficient (Wildman–Crippen LogP) is 3.14. The molecule has 0 bridgehead atoms. The average molecular weight is 550 g/mol. The number of β-amino-alcohol motifs (C(OH)–C–C–N with tert-alkyl or cyclic N) is 1. The number of methoxy groups -OCH3 is 2. The Morgan fingerprint density at radius 3 is 2.08 bits per heavy atom. The summed E-state index contributed by atoms with van der Waals surface area (Å²) in [7, 11) is 2.63. The number of carbonyl (C=O) groups is 2. The van der Waals surface area contributed by atoms with Gasteiger partial charge in [-0.15, -0.1) is 0 Å². The van der Waals surface area contributed by atoms with E-state index >= 15 is 0 Å². The Bertz CT molecular complexity index is 1240. The molecular formula is C31H39N3O6. The van der Waals surface area contributed by atoms with Gasteiger partial charge in [-0.3, -0.25) is 4.90 Å². The zero-order chi connectivity index (χ0) is 28.8. The first-order valence-electron chi connectivity index (χ1n) is 13.5. The van der Waals surface area contributed by atoms with E-state index in [1.807, 2.05) is 12.1 Å². The molecule has 2 aromatic carbocycles. The molecule has 4 rings (SSSR count). The molecule has 2 aromatic rings. The minimum absolute atomic E-state index is 0.156. The SMILES string of the molecule is COC(=O)C1=C(C)NC(C)=C(C(=O)OC)C1c1ccc(OCC(O)CN2CCN(c3cccc(C)c3)CC2)cc1. The third kappa shape index (κ3) is 6.66. The quantitative estimate of drug-likeness (QED) is 0.457. The van der Waals surface area contributed by atoms with E-state index in [2.05, 4.69) is 46.3 Å². The topological polar surface area (TPSA) is 101 Å². The minimum atomic E-state index is -0.653. The highest BCUT2D eigenvalue weighted by Crippen LogP contribution is 2.39. The number of nitrogens with one attached hydrogen (secondary N) is 1. The van der Waals surface area contributed by atoms with E-state index in [0.29, 0.717) is 34.8 Å². The van der Waals surface area contributed by atoms with Crippen molar-refractivity contribution in [3.05, 3.63) is 82.2 Å². The normalized spacial score (nSPS) is 17.4. The molecule has 1 unspecified atom stereocenters. The van der Waals surface area contributed by atoms with Crippen LogP contribution in [0.1, 0.15) is 30.9 Å². The van der Waals surface area contributed by atoms with Crippen molar-refractivity contribution in [2.45, 2.75) is 32.8 Å². The van der Waals surface area contributed by atoms with Crippen molar-refractivity contribution in [2.75, 3.05) is 58.5 Å². The number of ether oxygens (including phenoxy) is 3. The molecule has 2 aliphatic heterocycles. The van der Waals surface area contributed by atoms with E-state index in [0.717, 1.165) is 31.7 Å². The Kier molecular flexibility index (Phi) is 9.50. The van der Waals surface area contributed by atoms with Crippen molar-refractivity contribution < 1.29 is 28.9 Å². The number of aryl methyl sites for hydroxylation is 1. The number of rotatable bonds is 9. The molecule has 9 nitrogen and oxygen atoms in total. The number of anilines is 1. The number of dihydropyridines is 1. The van der Waals surface area contributed by atoms with Gasteiger partial charge in [0.05, 0.1) is 31.3 Å². The molecule has 1 fully saturated rings. The highest BCUT2D eigenvalue weighted by atomic mass is 16.5. The predicted molar refractivity (Wildman–Crippen MR) is 153 cm³/mol. The summed E-state index contributed by atoms with van der Waals surface area (Å²) in [6.07, 6.45) is -0.636. The highest BCUT2D eigenvalue weighted by Gasteiger charge is 2.37. The second kappa shape index (κ2) is 13.0. The maximum Gasteiger partial charge on any atom is 0.336 e. The number of aliphatic hydroxyl groups is 1. The minimum Gasteiger partial charge on any atom is -0.491 e. The number of nitrogens with zero attached hydrogens (tertiary/aromatic N) is 2. The van der Waals surface area contributed by atoms with E-state index in [1.54, 1.807) is 26.0 Å². The molecule has 2 aliphatic rings. The third-order valence-corrected chi connectivity index (χ3v) is 7.43. The van der Waals surface area contributed by atoms with Crippen molar-refractivity contribution in [1.82, 2.24) is 10.2 Å². The fourth-order valence-corrected chi connectivity index (χ4v) is 5.40. The van der Waals surface area contributed by atoms with Gasteiger partial charge in [-0.25, -0.2) is 9.59 Å². The van der Waals surface area contributed by atoms with Gasteiger partial charge in [-0.2, -0.15) is 0 Å². The second-order valence-corrected chi connectivity index (χ2v) is 10.3. The number of hydrogen-bond donors (Lipinski definition) is 2. The number of hydrogen-bond acceptors (Lipinski definition) is 9. The van der Waals surface area contributed by atoms with Gasteiger partial charge in [-0.1, -0.05) is 24.3 Å². The molecule has 9 heteroatoms. The lowest BCUT2D eigenvalue weighted by atomic mass is 9.80. The summed E-state index contributed by atoms with van der Waals surface area (Å²) < 4.78 is 15.9. The highest BCUT2D eigenvalue weighted by molar-refractivity contribution is 5.99. The molecule has 40 heavy (non-hydrogen) atoms.